The van der Waals surface area contributed by atoms with E-state index in [0.29, 0.717) is 16.8 Å². The number of anilines is 1. The van der Waals surface area contributed by atoms with Crippen LogP contribution >= 0.6 is 11.6 Å². The molecule has 0 aromatic heterocycles. The van der Waals surface area contributed by atoms with E-state index in [-0.39, 0.29) is 5.88 Å². The molecule has 0 aliphatic heterocycles. The largest absolute Gasteiger partial charge is 0.465 e. The molecule has 0 bridgehead atoms. The van der Waals surface area contributed by atoms with Crippen molar-refractivity contribution in [3.05, 3.63) is 29.3 Å². The number of hydrogen-bond donors (Lipinski definition) is 1. The first-order chi connectivity index (χ1) is 9.25. The molecule has 1 aromatic rings. The first-order valence-corrected chi connectivity index (χ1v) is 6.57. The maximum absolute atomic E-state index is 11.7. The molecule has 0 spiro atoms. The van der Waals surface area contributed by atoms with Gasteiger partial charge in [-0.25, -0.2) is 9.59 Å². The highest BCUT2D eigenvalue weighted by Crippen LogP contribution is 2.18. The first kappa shape index (κ1) is 16.3. The van der Waals surface area contributed by atoms with Crippen LogP contribution in [0.25, 0.3) is 0 Å². The summed E-state index contributed by atoms with van der Waals surface area (Å²) in [4.78, 5) is 23.2. The van der Waals surface area contributed by atoms with Crippen LogP contribution in [0.1, 0.15) is 36.7 Å². The van der Waals surface area contributed by atoms with Crippen molar-refractivity contribution in [1.82, 2.24) is 0 Å². The number of benzene rings is 1. The summed E-state index contributed by atoms with van der Waals surface area (Å²) in [5, 5.41) is 2.56. The third-order valence-corrected chi connectivity index (χ3v) is 2.52. The van der Waals surface area contributed by atoms with E-state index in [1.165, 1.54) is 13.2 Å². The summed E-state index contributed by atoms with van der Waals surface area (Å²) in [5.74, 6) is -0.280. The summed E-state index contributed by atoms with van der Waals surface area (Å²) in [6, 6.07) is 4.79. The number of hydrogen-bond acceptors (Lipinski definition) is 4. The van der Waals surface area contributed by atoms with Crippen molar-refractivity contribution < 1.29 is 19.1 Å². The molecule has 0 fully saturated rings. The van der Waals surface area contributed by atoms with Crippen LogP contribution in [0.5, 0.6) is 0 Å². The Morgan fingerprint density at radius 2 is 1.90 bits per heavy atom. The van der Waals surface area contributed by atoms with Gasteiger partial charge in [-0.1, -0.05) is 0 Å². The van der Waals surface area contributed by atoms with Crippen molar-refractivity contribution in [2.45, 2.75) is 32.3 Å². The summed E-state index contributed by atoms with van der Waals surface area (Å²) in [5.41, 5.74) is 0.842. The van der Waals surface area contributed by atoms with Gasteiger partial charge in [0.15, 0.2) is 0 Å². The number of rotatable bonds is 3. The Balaban J connectivity index is 2.94. The molecule has 0 heterocycles. The minimum Gasteiger partial charge on any atom is -0.465 e. The molecule has 0 atom stereocenters. The van der Waals surface area contributed by atoms with Gasteiger partial charge < -0.3 is 9.47 Å². The third-order valence-electron chi connectivity index (χ3n) is 2.21. The Morgan fingerprint density at radius 3 is 2.40 bits per heavy atom. The number of nitrogens with one attached hydrogen (secondary N) is 1. The van der Waals surface area contributed by atoms with Crippen molar-refractivity contribution in [2.75, 3.05) is 12.4 Å². The molecule has 20 heavy (non-hydrogen) atoms. The standard InChI is InChI=1S/C14H18ClNO4/c1-14(2,3)20-13(18)16-11-6-9(8-15)5-10(7-11)12(17)19-4/h5-7H,8H2,1-4H3,(H,16,18). The Hall–Kier alpha value is -1.75. The van der Waals surface area contributed by atoms with Gasteiger partial charge in [-0.05, 0) is 44.5 Å². The zero-order valence-corrected chi connectivity index (χ0v) is 12.7. The maximum atomic E-state index is 11.7. The Bertz CT molecular complexity index is 508. The van der Waals surface area contributed by atoms with Gasteiger partial charge in [-0.2, -0.15) is 0 Å². The third kappa shape index (κ3) is 5.09. The van der Waals surface area contributed by atoms with E-state index in [1.807, 2.05) is 0 Å². The van der Waals surface area contributed by atoms with E-state index in [1.54, 1.807) is 32.9 Å². The minimum atomic E-state index is -0.598. The van der Waals surface area contributed by atoms with Crippen LogP contribution in [0.2, 0.25) is 0 Å². The van der Waals surface area contributed by atoms with Crippen LogP contribution in [0, 0.1) is 0 Å². The minimum absolute atomic E-state index is 0.216. The van der Waals surface area contributed by atoms with Gasteiger partial charge in [-0.3, -0.25) is 5.32 Å². The second-order valence-electron chi connectivity index (χ2n) is 5.17. The van der Waals surface area contributed by atoms with E-state index in [9.17, 15) is 9.59 Å². The van der Waals surface area contributed by atoms with E-state index in [4.69, 9.17) is 16.3 Å². The van der Waals surface area contributed by atoms with Crippen LogP contribution in [0.3, 0.4) is 0 Å². The number of alkyl halides is 1. The number of methoxy groups -OCH3 is 1. The second kappa shape index (κ2) is 6.61. The van der Waals surface area contributed by atoms with E-state index in [2.05, 4.69) is 10.1 Å². The number of carbonyl (C=O) groups is 2. The van der Waals surface area contributed by atoms with Crippen molar-refractivity contribution in [3.8, 4) is 0 Å². The average Bonchev–Trinajstić information content (AvgIpc) is 2.34. The lowest BCUT2D eigenvalue weighted by Crippen LogP contribution is -2.27. The van der Waals surface area contributed by atoms with Gasteiger partial charge in [0.05, 0.1) is 12.7 Å². The zero-order chi connectivity index (χ0) is 15.3. The number of ether oxygens (including phenoxy) is 2. The number of amides is 1. The molecular weight excluding hydrogens is 282 g/mol. The molecule has 6 heteroatoms. The van der Waals surface area contributed by atoms with Crippen LogP contribution in [0.4, 0.5) is 10.5 Å². The second-order valence-corrected chi connectivity index (χ2v) is 5.44. The van der Waals surface area contributed by atoms with Gasteiger partial charge in [0.2, 0.25) is 0 Å². The van der Waals surface area contributed by atoms with Crippen molar-refractivity contribution in [2.24, 2.45) is 0 Å². The van der Waals surface area contributed by atoms with E-state index >= 15 is 0 Å². The van der Waals surface area contributed by atoms with Crippen LogP contribution in [0.15, 0.2) is 18.2 Å². The lowest BCUT2D eigenvalue weighted by molar-refractivity contribution is 0.0596. The molecule has 0 aliphatic carbocycles. The quantitative estimate of drug-likeness (QED) is 0.684. The lowest BCUT2D eigenvalue weighted by Gasteiger charge is -2.20. The molecule has 0 saturated heterocycles. The fourth-order valence-electron chi connectivity index (χ4n) is 1.50. The summed E-state index contributed by atoms with van der Waals surface area (Å²) in [6.07, 6.45) is -0.597. The van der Waals surface area contributed by atoms with E-state index in [0.717, 1.165) is 0 Å². The number of halogens is 1. The monoisotopic (exact) mass is 299 g/mol. The molecule has 5 nitrogen and oxygen atoms in total. The molecule has 0 saturated carbocycles. The normalized spacial score (nSPS) is 10.8. The molecule has 0 aliphatic rings. The Labute approximate surface area is 123 Å². The lowest BCUT2D eigenvalue weighted by atomic mass is 10.1. The van der Waals surface area contributed by atoms with Crippen molar-refractivity contribution >= 4 is 29.4 Å². The fraction of sp³-hybridized carbons (Fsp3) is 0.429. The van der Waals surface area contributed by atoms with Gasteiger partial charge in [0.1, 0.15) is 5.60 Å². The molecule has 1 rings (SSSR count). The molecule has 110 valence electrons. The topological polar surface area (TPSA) is 64.6 Å². The molecular formula is C14H18ClNO4. The number of esters is 1. The Kier molecular flexibility index (Phi) is 5.39. The molecule has 1 N–H and O–H groups in total. The molecule has 1 aromatic carbocycles. The maximum Gasteiger partial charge on any atom is 0.412 e. The van der Waals surface area contributed by atoms with Crippen molar-refractivity contribution in [3.63, 3.8) is 0 Å². The molecule has 0 radical (unpaired) electrons. The SMILES string of the molecule is COC(=O)c1cc(CCl)cc(NC(=O)OC(C)(C)C)c1. The van der Waals surface area contributed by atoms with E-state index < -0.39 is 17.7 Å². The Morgan fingerprint density at radius 1 is 1.25 bits per heavy atom. The summed E-state index contributed by atoms with van der Waals surface area (Å²) in [7, 11) is 1.29. The predicted octanol–water partition coefficient (Wildman–Crippen LogP) is 3.56. The zero-order valence-electron chi connectivity index (χ0n) is 12.0. The smallest absolute Gasteiger partial charge is 0.412 e. The first-order valence-electron chi connectivity index (χ1n) is 6.03. The van der Waals surface area contributed by atoms with Crippen LogP contribution < -0.4 is 5.32 Å². The predicted molar refractivity (Wildman–Crippen MR) is 77.2 cm³/mol. The van der Waals surface area contributed by atoms with Crippen LogP contribution in [-0.4, -0.2) is 24.8 Å². The summed E-state index contributed by atoms with van der Waals surface area (Å²) in [6.45, 7) is 5.30. The highest BCUT2D eigenvalue weighted by Gasteiger charge is 2.17. The van der Waals surface area contributed by atoms with Crippen LogP contribution in [-0.2, 0) is 15.4 Å². The van der Waals surface area contributed by atoms with Crippen molar-refractivity contribution in [1.29, 1.82) is 0 Å². The summed E-state index contributed by atoms with van der Waals surface area (Å²) < 4.78 is 9.79. The van der Waals surface area contributed by atoms with Gasteiger partial charge >= 0.3 is 12.1 Å². The highest BCUT2D eigenvalue weighted by atomic mass is 35.5. The fourth-order valence-corrected chi connectivity index (χ4v) is 1.65. The average molecular weight is 300 g/mol. The summed E-state index contributed by atoms with van der Waals surface area (Å²) >= 11 is 5.77. The van der Waals surface area contributed by atoms with Gasteiger partial charge in [-0.15, -0.1) is 11.6 Å². The van der Waals surface area contributed by atoms with Gasteiger partial charge in [0, 0.05) is 11.6 Å². The number of carbonyl (C=O) groups excluding carboxylic acids is 2. The molecule has 1 amide bonds. The van der Waals surface area contributed by atoms with Gasteiger partial charge in [0.25, 0.3) is 0 Å². The molecule has 0 unspecified atom stereocenters. The highest BCUT2D eigenvalue weighted by molar-refractivity contribution is 6.17.